The molecule has 0 saturated carbocycles. The molecule has 2 amide bonds. The Bertz CT molecular complexity index is 837. The molecule has 1 fully saturated rings. The van der Waals surface area contributed by atoms with Crippen LogP contribution in [-0.2, 0) is 4.79 Å². The first kappa shape index (κ1) is 18.4. The number of benzene rings is 1. The van der Waals surface area contributed by atoms with Crippen LogP contribution in [0, 0.1) is 34.4 Å². The van der Waals surface area contributed by atoms with Gasteiger partial charge in [-0.3, -0.25) is 19.5 Å². The van der Waals surface area contributed by atoms with Crippen molar-refractivity contribution in [1.29, 1.82) is 10.5 Å². The minimum Gasteiger partial charge on any atom is -0.290 e. The third kappa shape index (κ3) is 4.31. The molecule has 0 radical (unpaired) electrons. The largest absolute Gasteiger partial charge is 0.293 e. The van der Waals surface area contributed by atoms with Crippen LogP contribution in [0.1, 0.15) is 12.5 Å². The van der Waals surface area contributed by atoms with Gasteiger partial charge < -0.3 is 0 Å². The van der Waals surface area contributed by atoms with E-state index in [0.717, 1.165) is 16.7 Å². The van der Waals surface area contributed by atoms with Crippen molar-refractivity contribution in [2.75, 3.05) is 13.1 Å². The fourth-order valence-corrected chi connectivity index (χ4v) is 2.92. The van der Waals surface area contributed by atoms with Crippen LogP contribution in [0.5, 0.6) is 0 Å². The number of nitriles is 2. The van der Waals surface area contributed by atoms with E-state index in [1.807, 2.05) is 0 Å². The summed E-state index contributed by atoms with van der Waals surface area (Å²) >= 11 is 0.738. The fraction of sp³-hybridized carbons (Fsp3) is 0.235. The van der Waals surface area contributed by atoms with E-state index < -0.39 is 22.9 Å². The number of carbonyl (C=O) groups is 2. The molecule has 1 aromatic carbocycles. The maximum Gasteiger partial charge on any atom is 0.293 e. The van der Waals surface area contributed by atoms with E-state index in [2.05, 4.69) is 4.99 Å². The number of amides is 2. The van der Waals surface area contributed by atoms with Crippen LogP contribution in [0.2, 0.25) is 0 Å². The van der Waals surface area contributed by atoms with Gasteiger partial charge in [0.1, 0.15) is 5.82 Å². The van der Waals surface area contributed by atoms with E-state index >= 15 is 0 Å². The highest BCUT2D eigenvalue weighted by atomic mass is 32.2. The molecular weight excluding hydrogens is 343 g/mol. The summed E-state index contributed by atoms with van der Waals surface area (Å²) in [5, 5.41) is 17.1. The Kier molecular flexibility index (Phi) is 6.04. The van der Waals surface area contributed by atoms with Crippen molar-refractivity contribution in [1.82, 2.24) is 4.90 Å². The second-order valence-electron chi connectivity index (χ2n) is 5.07. The molecule has 1 aliphatic rings. The Morgan fingerprint density at radius 1 is 1.36 bits per heavy atom. The average Bonchev–Trinajstić information content (AvgIpc) is 2.85. The zero-order chi connectivity index (χ0) is 18.4. The standard InChI is InChI=1S/C17H13FN4O2S/c1-11(13(9-19)10-20)21-6-7-22-16(23)15(25-17(22)24)8-12-4-2-3-5-14(12)18/h2-5,8,13H,6-7H2,1H3/b15-8-,21-11?. The molecule has 0 spiro atoms. The number of hydrogen-bond acceptors (Lipinski definition) is 6. The third-order valence-corrected chi connectivity index (χ3v) is 4.33. The molecule has 0 bridgehead atoms. The quantitative estimate of drug-likeness (QED) is 0.597. The van der Waals surface area contributed by atoms with Crippen LogP contribution in [-0.4, -0.2) is 34.8 Å². The predicted octanol–water partition coefficient (Wildman–Crippen LogP) is 2.99. The molecule has 8 heteroatoms. The summed E-state index contributed by atoms with van der Waals surface area (Å²) in [6.07, 6.45) is 1.34. The number of hydrogen-bond donors (Lipinski definition) is 0. The molecule has 0 aromatic heterocycles. The molecule has 1 aliphatic heterocycles. The summed E-state index contributed by atoms with van der Waals surface area (Å²) in [5.74, 6) is -1.94. The molecule has 1 saturated heterocycles. The van der Waals surface area contributed by atoms with Crippen LogP contribution in [0.3, 0.4) is 0 Å². The molecule has 1 aromatic rings. The third-order valence-electron chi connectivity index (χ3n) is 3.43. The maximum absolute atomic E-state index is 13.7. The van der Waals surface area contributed by atoms with Gasteiger partial charge >= 0.3 is 0 Å². The number of rotatable bonds is 5. The Balaban J connectivity index is 2.07. The SMILES string of the molecule is CC(=NCCN1C(=O)S/C(=C\c2ccccc2F)C1=O)C(C#N)C#N. The highest BCUT2D eigenvalue weighted by Gasteiger charge is 2.34. The molecule has 6 nitrogen and oxygen atoms in total. The normalized spacial score (nSPS) is 16.4. The van der Waals surface area contributed by atoms with Crippen molar-refractivity contribution >= 4 is 34.7 Å². The monoisotopic (exact) mass is 356 g/mol. The molecule has 0 atom stereocenters. The average molecular weight is 356 g/mol. The number of carbonyl (C=O) groups excluding carboxylic acids is 2. The van der Waals surface area contributed by atoms with Crippen molar-refractivity contribution < 1.29 is 14.0 Å². The number of nitrogens with zero attached hydrogens (tertiary/aromatic N) is 4. The summed E-state index contributed by atoms with van der Waals surface area (Å²) in [6.45, 7) is 1.67. The number of halogens is 1. The van der Waals surface area contributed by atoms with Crippen molar-refractivity contribution in [3.05, 3.63) is 40.6 Å². The topological polar surface area (TPSA) is 97.3 Å². The molecule has 1 heterocycles. The molecular formula is C17H13FN4O2S. The van der Waals surface area contributed by atoms with Gasteiger partial charge in [0, 0.05) is 17.8 Å². The van der Waals surface area contributed by atoms with Crippen LogP contribution < -0.4 is 0 Å². The van der Waals surface area contributed by atoms with E-state index in [9.17, 15) is 14.0 Å². The van der Waals surface area contributed by atoms with E-state index in [4.69, 9.17) is 10.5 Å². The minimum atomic E-state index is -0.948. The lowest BCUT2D eigenvalue weighted by atomic mass is 10.1. The van der Waals surface area contributed by atoms with Crippen molar-refractivity contribution in [2.24, 2.45) is 10.9 Å². The second-order valence-corrected chi connectivity index (χ2v) is 6.06. The smallest absolute Gasteiger partial charge is 0.290 e. The lowest BCUT2D eigenvalue weighted by Crippen LogP contribution is -2.31. The van der Waals surface area contributed by atoms with E-state index in [1.54, 1.807) is 25.1 Å². The van der Waals surface area contributed by atoms with Gasteiger partial charge in [-0.2, -0.15) is 10.5 Å². The van der Waals surface area contributed by atoms with Crippen LogP contribution in [0.25, 0.3) is 6.08 Å². The zero-order valence-corrected chi connectivity index (χ0v) is 14.1. The van der Waals surface area contributed by atoms with Gasteiger partial charge in [0.2, 0.25) is 0 Å². The van der Waals surface area contributed by atoms with Crippen LogP contribution >= 0.6 is 11.8 Å². The van der Waals surface area contributed by atoms with Gasteiger partial charge in [-0.1, -0.05) is 18.2 Å². The number of thioether (sulfide) groups is 1. The van der Waals surface area contributed by atoms with Crippen molar-refractivity contribution in [3.63, 3.8) is 0 Å². The van der Waals surface area contributed by atoms with Gasteiger partial charge in [0.05, 0.1) is 23.6 Å². The molecule has 25 heavy (non-hydrogen) atoms. The molecule has 0 aliphatic carbocycles. The molecule has 0 N–H and O–H groups in total. The van der Waals surface area contributed by atoms with Gasteiger partial charge in [-0.15, -0.1) is 0 Å². The summed E-state index contributed by atoms with van der Waals surface area (Å²) < 4.78 is 13.7. The fourth-order valence-electron chi connectivity index (χ4n) is 2.06. The Morgan fingerprint density at radius 3 is 2.68 bits per heavy atom. The highest BCUT2D eigenvalue weighted by molar-refractivity contribution is 8.18. The van der Waals surface area contributed by atoms with Gasteiger partial charge in [0.15, 0.2) is 5.92 Å². The van der Waals surface area contributed by atoms with Crippen molar-refractivity contribution in [2.45, 2.75) is 6.92 Å². The van der Waals surface area contributed by atoms with Crippen molar-refractivity contribution in [3.8, 4) is 12.1 Å². The first-order valence-electron chi connectivity index (χ1n) is 7.28. The highest BCUT2D eigenvalue weighted by Crippen LogP contribution is 2.32. The Hall–Kier alpha value is -2.97. The summed E-state index contributed by atoms with van der Waals surface area (Å²) in [5.41, 5.74) is 0.562. The predicted molar refractivity (Wildman–Crippen MR) is 91.8 cm³/mol. The zero-order valence-electron chi connectivity index (χ0n) is 13.3. The van der Waals surface area contributed by atoms with Crippen LogP contribution in [0.4, 0.5) is 9.18 Å². The van der Waals surface area contributed by atoms with Crippen LogP contribution in [0.15, 0.2) is 34.2 Å². The summed E-state index contributed by atoms with van der Waals surface area (Å²) in [7, 11) is 0. The number of imide groups is 1. The van der Waals surface area contributed by atoms with E-state index in [0.29, 0.717) is 5.71 Å². The molecule has 126 valence electrons. The maximum atomic E-state index is 13.7. The van der Waals surface area contributed by atoms with Gasteiger partial charge in [-0.05, 0) is 30.8 Å². The van der Waals surface area contributed by atoms with Gasteiger partial charge in [-0.25, -0.2) is 4.39 Å². The van der Waals surface area contributed by atoms with E-state index in [1.165, 1.54) is 24.3 Å². The van der Waals surface area contributed by atoms with Gasteiger partial charge in [0.25, 0.3) is 11.1 Å². The van der Waals surface area contributed by atoms with E-state index in [-0.39, 0.29) is 23.6 Å². The minimum absolute atomic E-state index is 0.0280. The second kappa shape index (κ2) is 8.22. The first-order chi connectivity index (χ1) is 12.0. The number of aliphatic imine (C=N–C) groups is 1. The lowest BCUT2D eigenvalue weighted by Gasteiger charge is -2.10. The summed E-state index contributed by atoms with van der Waals surface area (Å²) in [4.78, 5) is 29.5. The molecule has 2 rings (SSSR count). The molecule has 0 unspecified atom stereocenters. The lowest BCUT2D eigenvalue weighted by molar-refractivity contribution is -0.122. The Labute approximate surface area is 148 Å². The summed E-state index contributed by atoms with van der Waals surface area (Å²) in [6, 6.07) is 9.56. The first-order valence-corrected chi connectivity index (χ1v) is 8.09. The Morgan fingerprint density at radius 2 is 2.04 bits per heavy atom.